The van der Waals surface area contributed by atoms with Gasteiger partial charge in [-0.1, -0.05) is 37.3 Å². The minimum Gasteiger partial charge on any atom is -0.467 e. The summed E-state index contributed by atoms with van der Waals surface area (Å²) in [7, 11) is 1.41. The zero-order valence-corrected chi connectivity index (χ0v) is 12.9. The molecule has 0 radical (unpaired) electrons. The molecule has 1 aromatic carbocycles. The van der Waals surface area contributed by atoms with Crippen LogP contribution in [0.5, 0.6) is 0 Å². The molecule has 112 valence electrons. The number of nitrogens with one attached hydrogen (secondary N) is 1. The number of hydrogen-bond acceptors (Lipinski definition) is 5. The third kappa shape index (κ3) is 4.23. The van der Waals surface area contributed by atoms with Gasteiger partial charge in [-0.05, 0) is 18.5 Å². The number of aliphatic hydroxyl groups is 1. The van der Waals surface area contributed by atoms with Gasteiger partial charge in [-0.25, -0.2) is 4.79 Å². The first kappa shape index (κ1) is 17.0. The topological polar surface area (TPSA) is 58.6 Å². The molecular weight excluding hydrogens is 274 g/mol. The van der Waals surface area contributed by atoms with Crippen LogP contribution in [-0.4, -0.2) is 42.8 Å². The summed E-state index contributed by atoms with van der Waals surface area (Å²) in [5.74, 6) is 0.839. The molecule has 2 N–H and O–H groups in total. The normalized spacial score (nSPS) is 13.8. The first-order valence-electron chi connectivity index (χ1n) is 6.78. The van der Waals surface area contributed by atoms with E-state index < -0.39 is 5.54 Å². The Labute approximate surface area is 124 Å². The van der Waals surface area contributed by atoms with Crippen LogP contribution in [0.4, 0.5) is 0 Å². The van der Waals surface area contributed by atoms with E-state index in [0.29, 0.717) is 11.5 Å². The standard InChI is InChI=1S/C15H23NO3S/c1-3-9-16-15(14(18)19-2,12-20-11-10-17)13-7-5-4-6-8-13/h4-8,16-17H,3,9-12H2,1-2H3. The smallest absolute Gasteiger partial charge is 0.331 e. The molecule has 0 spiro atoms. The molecule has 0 aromatic heterocycles. The third-order valence-electron chi connectivity index (χ3n) is 3.03. The van der Waals surface area contributed by atoms with Gasteiger partial charge in [0.05, 0.1) is 13.7 Å². The fourth-order valence-corrected chi connectivity index (χ4v) is 2.98. The number of carbonyl (C=O) groups is 1. The highest BCUT2D eigenvalue weighted by Crippen LogP contribution is 2.27. The molecule has 20 heavy (non-hydrogen) atoms. The Morgan fingerprint density at radius 3 is 2.65 bits per heavy atom. The average Bonchev–Trinajstić information content (AvgIpc) is 2.51. The molecule has 0 saturated heterocycles. The Kier molecular flexibility index (Phi) is 7.65. The summed E-state index contributed by atoms with van der Waals surface area (Å²) < 4.78 is 5.02. The van der Waals surface area contributed by atoms with Gasteiger partial charge in [-0.3, -0.25) is 5.32 Å². The predicted octanol–water partition coefficient (Wildman–Crippen LogP) is 1.78. The van der Waals surface area contributed by atoms with E-state index in [1.807, 2.05) is 30.3 Å². The van der Waals surface area contributed by atoms with Crippen LogP contribution >= 0.6 is 11.8 Å². The summed E-state index contributed by atoms with van der Waals surface area (Å²) in [6.45, 7) is 2.88. The summed E-state index contributed by atoms with van der Waals surface area (Å²) in [6, 6.07) is 9.61. The van der Waals surface area contributed by atoms with Crippen molar-refractivity contribution in [3.05, 3.63) is 35.9 Å². The summed E-state index contributed by atoms with van der Waals surface area (Å²) in [6.07, 6.45) is 0.927. The maximum absolute atomic E-state index is 12.4. The highest BCUT2D eigenvalue weighted by Gasteiger charge is 2.40. The molecule has 1 rings (SSSR count). The van der Waals surface area contributed by atoms with Gasteiger partial charge in [0.15, 0.2) is 5.54 Å². The summed E-state index contributed by atoms with van der Waals surface area (Å²) in [4.78, 5) is 12.4. The van der Waals surface area contributed by atoms with Crippen molar-refractivity contribution in [2.45, 2.75) is 18.9 Å². The highest BCUT2D eigenvalue weighted by atomic mass is 32.2. The van der Waals surface area contributed by atoms with Crippen LogP contribution < -0.4 is 5.32 Å². The zero-order valence-electron chi connectivity index (χ0n) is 12.1. The lowest BCUT2D eigenvalue weighted by molar-refractivity contribution is -0.148. The van der Waals surface area contributed by atoms with E-state index in [9.17, 15) is 4.79 Å². The van der Waals surface area contributed by atoms with Crippen LogP contribution in [0.2, 0.25) is 0 Å². The average molecular weight is 297 g/mol. The zero-order chi connectivity index (χ0) is 14.8. The number of thioether (sulfide) groups is 1. The summed E-state index contributed by atoms with van der Waals surface area (Å²) in [5.41, 5.74) is 0.0389. The molecule has 4 nitrogen and oxygen atoms in total. The van der Waals surface area contributed by atoms with Crippen molar-refractivity contribution >= 4 is 17.7 Å². The van der Waals surface area contributed by atoms with Gasteiger partial charge in [0, 0.05) is 11.5 Å². The number of methoxy groups -OCH3 is 1. The highest BCUT2D eigenvalue weighted by molar-refractivity contribution is 7.99. The lowest BCUT2D eigenvalue weighted by atomic mass is 9.91. The van der Waals surface area contributed by atoms with E-state index in [1.54, 1.807) is 0 Å². The summed E-state index contributed by atoms with van der Waals surface area (Å²) >= 11 is 1.54. The second-order valence-electron chi connectivity index (χ2n) is 4.47. The van der Waals surface area contributed by atoms with Crippen molar-refractivity contribution in [1.29, 1.82) is 0 Å². The van der Waals surface area contributed by atoms with E-state index >= 15 is 0 Å². The Morgan fingerprint density at radius 1 is 1.40 bits per heavy atom. The van der Waals surface area contributed by atoms with Crippen LogP contribution in [0.15, 0.2) is 30.3 Å². The quantitative estimate of drug-likeness (QED) is 0.537. The minimum absolute atomic E-state index is 0.102. The molecular formula is C15H23NO3S. The van der Waals surface area contributed by atoms with E-state index in [0.717, 1.165) is 18.5 Å². The van der Waals surface area contributed by atoms with Gasteiger partial charge in [-0.15, -0.1) is 0 Å². The van der Waals surface area contributed by atoms with Gasteiger partial charge in [-0.2, -0.15) is 11.8 Å². The number of rotatable bonds is 9. The molecule has 0 aliphatic carbocycles. The Morgan fingerprint density at radius 2 is 2.10 bits per heavy atom. The molecule has 1 atom stereocenters. The maximum atomic E-state index is 12.4. The first-order valence-corrected chi connectivity index (χ1v) is 7.94. The maximum Gasteiger partial charge on any atom is 0.331 e. The Balaban J connectivity index is 3.07. The molecule has 0 saturated carbocycles. The van der Waals surface area contributed by atoms with Crippen LogP contribution in [-0.2, 0) is 15.1 Å². The molecule has 0 fully saturated rings. The van der Waals surface area contributed by atoms with E-state index in [-0.39, 0.29) is 12.6 Å². The molecule has 1 aromatic rings. The second kappa shape index (κ2) is 9.00. The third-order valence-corrected chi connectivity index (χ3v) is 4.14. The van der Waals surface area contributed by atoms with Crippen LogP contribution in [0, 0.1) is 0 Å². The molecule has 1 unspecified atom stereocenters. The van der Waals surface area contributed by atoms with Crippen molar-refractivity contribution < 1.29 is 14.6 Å². The van der Waals surface area contributed by atoms with Crippen molar-refractivity contribution in [1.82, 2.24) is 5.32 Å². The Bertz CT molecular complexity index is 399. The minimum atomic E-state index is -0.855. The van der Waals surface area contributed by atoms with Crippen molar-refractivity contribution in [2.24, 2.45) is 0 Å². The lowest BCUT2D eigenvalue weighted by Gasteiger charge is -2.32. The number of esters is 1. The van der Waals surface area contributed by atoms with Crippen LogP contribution in [0.1, 0.15) is 18.9 Å². The van der Waals surface area contributed by atoms with Gasteiger partial charge in [0.2, 0.25) is 0 Å². The lowest BCUT2D eigenvalue weighted by Crippen LogP contribution is -2.52. The van der Waals surface area contributed by atoms with Gasteiger partial charge in [0.1, 0.15) is 0 Å². The molecule has 0 amide bonds. The van der Waals surface area contributed by atoms with Gasteiger partial charge in [0.25, 0.3) is 0 Å². The van der Waals surface area contributed by atoms with E-state index in [1.165, 1.54) is 18.9 Å². The van der Waals surface area contributed by atoms with Crippen molar-refractivity contribution in [2.75, 3.05) is 31.8 Å². The Hall–Kier alpha value is -1.04. The van der Waals surface area contributed by atoms with Gasteiger partial charge < -0.3 is 9.84 Å². The van der Waals surface area contributed by atoms with E-state index in [4.69, 9.17) is 9.84 Å². The van der Waals surface area contributed by atoms with Crippen molar-refractivity contribution in [3.63, 3.8) is 0 Å². The summed E-state index contributed by atoms with van der Waals surface area (Å²) in [5, 5.41) is 12.3. The predicted molar refractivity (Wildman–Crippen MR) is 82.8 cm³/mol. The van der Waals surface area contributed by atoms with Crippen LogP contribution in [0.25, 0.3) is 0 Å². The van der Waals surface area contributed by atoms with Crippen molar-refractivity contribution in [3.8, 4) is 0 Å². The van der Waals surface area contributed by atoms with Gasteiger partial charge >= 0.3 is 5.97 Å². The second-order valence-corrected chi connectivity index (χ2v) is 5.57. The molecule has 5 heteroatoms. The monoisotopic (exact) mass is 297 g/mol. The SMILES string of the molecule is CCCNC(CSCCO)(C(=O)OC)c1ccccc1. The number of carbonyl (C=O) groups excluding carboxylic acids is 1. The fraction of sp³-hybridized carbons (Fsp3) is 0.533. The molecule has 0 heterocycles. The number of hydrogen-bond donors (Lipinski definition) is 2. The number of aliphatic hydroxyl groups excluding tert-OH is 1. The number of ether oxygens (including phenoxy) is 1. The largest absolute Gasteiger partial charge is 0.467 e. The first-order chi connectivity index (χ1) is 9.71. The molecule has 0 aliphatic rings. The number of benzene rings is 1. The fourth-order valence-electron chi connectivity index (χ4n) is 2.01. The van der Waals surface area contributed by atoms with Crippen LogP contribution in [0.3, 0.4) is 0 Å². The van der Waals surface area contributed by atoms with E-state index in [2.05, 4.69) is 12.2 Å². The molecule has 0 bridgehead atoms. The molecule has 0 aliphatic heterocycles.